The lowest BCUT2D eigenvalue weighted by molar-refractivity contribution is 0.238. The highest BCUT2D eigenvalue weighted by molar-refractivity contribution is 5.22. The van der Waals surface area contributed by atoms with Crippen LogP contribution in [0.3, 0.4) is 0 Å². The molecule has 3 rings (SSSR count). The molecule has 0 amide bonds. The van der Waals surface area contributed by atoms with E-state index in [2.05, 4.69) is 16.9 Å². The predicted octanol–water partition coefficient (Wildman–Crippen LogP) is 2.08. The van der Waals surface area contributed by atoms with Crippen LogP contribution in [0.4, 0.5) is 4.39 Å². The second-order valence-electron chi connectivity index (χ2n) is 6.02. The molecule has 1 aliphatic rings. The van der Waals surface area contributed by atoms with Crippen LogP contribution in [0.25, 0.3) is 0 Å². The molecule has 0 saturated carbocycles. The van der Waals surface area contributed by atoms with Crippen LogP contribution in [-0.2, 0) is 20.0 Å². The van der Waals surface area contributed by atoms with Gasteiger partial charge in [0.15, 0.2) is 0 Å². The van der Waals surface area contributed by atoms with Crippen LogP contribution in [-0.4, -0.2) is 27.8 Å². The van der Waals surface area contributed by atoms with E-state index in [1.54, 1.807) is 13.1 Å². The van der Waals surface area contributed by atoms with E-state index in [9.17, 15) is 9.18 Å². The molecule has 22 heavy (non-hydrogen) atoms. The van der Waals surface area contributed by atoms with Crippen molar-refractivity contribution in [1.29, 1.82) is 0 Å². The fourth-order valence-electron chi connectivity index (χ4n) is 2.99. The fourth-order valence-corrected chi connectivity index (χ4v) is 2.99. The number of benzene rings is 1. The summed E-state index contributed by atoms with van der Waals surface area (Å²) in [7, 11) is 1.69. The highest BCUT2D eigenvalue weighted by atomic mass is 19.1. The zero-order valence-electron chi connectivity index (χ0n) is 12.9. The number of aryl methyl sites for hydroxylation is 1. The summed E-state index contributed by atoms with van der Waals surface area (Å²) in [6.45, 7) is 4.72. The molecule has 0 spiro atoms. The lowest BCUT2D eigenvalue weighted by atomic mass is 9.98. The molecule has 5 heteroatoms. The van der Waals surface area contributed by atoms with Gasteiger partial charge in [-0.3, -0.25) is 9.69 Å². The molecule has 0 saturated heterocycles. The molecule has 0 bridgehead atoms. The van der Waals surface area contributed by atoms with Crippen molar-refractivity contribution in [3.05, 3.63) is 63.3 Å². The highest BCUT2D eigenvalue weighted by Crippen LogP contribution is 2.21. The van der Waals surface area contributed by atoms with Crippen LogP contribution in [0.5, 0.6) is 0 Å². The predicted molar refractivity (Wildman–Crippen MR) is 83.3 cm³/mol. The van der Waals surface area contributed by atoms with Gasteiger partial charge in [0.25, 0.3) is 5.56 Å². The van der Waals surface area contributed by atoms with Gasteiger partial charge in [0.1, 0.15) is 5.82 Å². The monoisotopic (exact) mass is 301 g/mol. The summed E-state index contributed by atoms with van der Waals surface area (Å²) >= 11 is 0. The van der Waals surface area contributed by atoms with E-state index in [1.165, 1.54) is 16.8 Å². The van der Waals surface area contributed by atoms with E-state index >= 15 is 0 Å². The maximum Gasteiger partial charge on any atom is 0.266 e. The van der Waals surface area contributed by atoms with Crippen LogP contribution >= 0.6 is 0 Å². The normalized spacial score (nSPS) is 16.3. The van der Waals surface area contributed by atoms with Gasteiger partial charge in [-0.05, 0) is 29.2 Å². The second-order valence-corrected chi connectivity index (χ2v) is 6.02. The van der Waals surface area contributed by atoms with Crippen molar-refractivity contribution in [2.45, 2.75) is 25.8 Å². The van der Waals surface area contributed by atoms with Crippen molar-refractivity contribution in [2.75, 3.05) is 13.1 Å². The summed E-state index contributed by atoms with van der Waals surface area (Å²) in [4.78, 5) is 14.1. The van der Waals surface area contributed by atoms with Crippen LogP contribution in [0.2, 0.25) is 0 Å². The van der Waals surface area contributed by atoms with Crippen molar-refractivity contribution in [3.63, 3.8) is 0 Å². The molecule has 2 heterocycles. The molecule has 1 aromatic heterocycles. The molecule has 2 aromatic rings. The van der Waals surface area contributed by atoms with Gasteiger partial charge in [-0.25, -0.2) is 9.07 Å². The second kappa shape index (κ2) is 6.01. The van der Waals surface area contributed by atoms with Crippen molar-refractivity contribution >= 4 is 0 Å². The average molecular weight is 301 g/mol. The number of halogens is 1. The van der Waals surface area contributed by atoms with Crippen molar-refractivity contribution in [3.8, 4) is 0 Å². The number of fused-ring (bicyclic) bond motifs is 1. The summed E-state index contributed by atoms with van der Waals surface area (Å²) in [5, 5.41) is 4.33. The molecular weight excluding hydrogens is 281 g/mol. The molecule has 0 unspecified atom stereocenters. The largest absolute Gasteiger partial charge is 0.298 e. The Hall–Kier alpha value is -2.01. The SMILES string of the molecule is C[C@@H](CN1CCc2nn(C)c(=O)cc2C1)c1ccc(F)cc1. The van der Waals surface area contributed by atoms with E-state index in [4.69, 9.17) is 0 Å². The number of rotatable bonds is 3. The zero-order chi connectivity index (χ0) is 15.7. The minimum atomic E-state index is -0.204. The van der Waals surface area contributed by atoms with Gasteiger partial charge in [0, 0.05) is 39.2 Å². The molecular formula is C17H20FN3O. The first-order chi connectivity index (χ1) is 10.5. The Morgan fingerprint density at radius 2 is 2.05 bits per heavy atom. The summed E-state index contributed by atoms with van der Waals surface area (Å²) < 4.78 is 14.4. The molecule has 1 aromatic carbocycles. The fraction of sp³-hybridized carbons (Fsp3) is 0.412. The van der Waals surface area contributed by atoms with E-state index in [1.807, 2.05) is 12.1 Å². The molecule has 4 nitrogen and oxygen atoms in total. The third-order valence-electron chi connectivity index (χ3n) is 4.29. The Labute approximate surface area is 129 Å². The molecule has 0 N–H and O–H groups in total. The zero-order valence-corrected chi connectivity index (χ0v) is 12.9. The summed E-state index contributed by atoms with van der Waals surface area (Å²) in [5.41, 5.74) is 3.12. The minimum absolute atomic E-state index is 0.0628. The van der Waals surface area contributed by atoms with Crippen molar-refractivity contribution in [1.82, 2.24) is 14.7 Å². The van der Waals surface area contributed by atoms with Crippen LogP contribution in [0.1, 0.15) is 29.7 Å². The maximum atomic E-state index is 13.0. The van der Waals surface area contributed by atoms with Gasteiger partial charge in [-0.1, -0.05) is 19.1 Å². The Balaban J connectivity index is 1.71. The summed E-state index contributed by atoms with van der Waals surface area (Å²) in [6.07, 6.45) is 0.861. The first kappa shape index (κ1) is 14.9. The maximum absolute atomic E-state index is 13.0. The summed E-state index contributed by atoms with van der Waals surface area (Å²) in [5.74, 6) is 0.117. The van der Waals surface area contributed by atoms with Gasteiger partial charge in [-0.15, -0.1) is 0 Å². The van der Waals surface area contributed by atoms with Crippen molar-refractivity contribution in [2.24, 2.45) is 7.05 Å². The quantitative estimate of drug-likeness (QED) is 0.871. The Morgan fingerprint density at radius 3 is 2.77 bits per heavy atom. The minimum Gasteiger partial charge on any atom is -0.298 e. The number of hydrogen-bond donors (Lipinski definition) is 0. The van der Waals surface area contributed by atoms with E-state index in [-0.39, 0.29) is 11.4 Å². The molecule has 0 aliphatic carbocycles. The number of nitrogens with zero attached hydrogens (tertiary/aromatic N) is 3. The first-order valence-corrected chi connectivity index (χ1v) is 7.57. The smallest absolute Gasteiger partial charge is 0.266 e. The van der Waals surface area contributed by atoms with Gasteiger partial charge in [0.05, 0.1) is 5.69 Å². The third-order valence-corrected chi connectivity index (χ3v) is 4.29. The average Bonchev–Trinajstić information content (AvgIpc) is 2.49. The Kier molecular flexibility index (Phi) is 4.07. The first-order valence-electron chi connectivity index (χ1n) is 7.57. The highest BCUT2D eigenvalue weighted by Gasteiger charge is 2.20. The van der Waals surface area contributed by atoms with Gasteiger partial charge >= 0.3 is 0 Å². The Bertz CT molecular complexity index is 724. The van der Waals surface area contributed by atoms with Crippen LogP contribution in [0.15, 0.2) is 35.1 Å². The lowest BCUT2D eigenvalue weighted by Crippen LogP contribution is -2.36. The number of aromatic nitrogens is 2. The van der Waals surface area contributed by atoms with E-state index in [0.29, 0.717) is 5.92 Å². The molecule has 0 radical (unpaired) electrons. The van der Waals surface area contributed by atoms with E-state index in [0.717, 1.165) is 42.9 Å². The molecule has 0 fully saturated rings. The molecule has 116 valence electrons. The van der Waals surface area contributed by atoms with Gasteiger partial charge in [-0.2, -0.15) is 5.10 Å². The Morgan fingerprint density at radius 1 is 1.32 bits per heavy atom. The topological polar surface area (TPSA) is 38.1 Å². The number of hydrogen-bond acceptors (Lipinski definition) is 3. The third kappa shape index (κ3) is 3.09. The van der Waals surface area contributed by atoms with Crippen molar-refractivity contribution < 1.29 is 4.39 Å². The lowest BCUT2D eigenvalue weighted by Gasteiger charge is -2.30. The molecule has 1 atom stereocenters. The van der Waals surface area contributed by atoms with E-state index < -0.39 is 0 Å². The summed E-state index contributed by atoms with van der Waals surface area (Å²) in [6, 6.07) is 8.39. The standard InChI is InChI=1S/C17H20FN3O/c1-12(13-3-5-15(18)6-4-13)10-21-8-7-16-14(11-21)9-17(22)20(2)19-16/h3-6,9,12H,7-8,10-11H2,1-2H3/t12-/m0/s1. The molecule has 1 aliphatic heterocycles. The van der Waals surface area contributed by atoms with Crippen LogP contribution < -0.4 is 5.56 Å². The van der Waals surface area contributed by atoms with Gasteiger partial charge in [0.2, 0.25) is 0 Å². The van der Waals surface area contributed by atoms with Crippen LogP contribution in [0, 0.1) is 5.82 Å². The van der Waals surface area contributed by atoms with Gasteiger partial charge < -0.3 is 0 Å².